The van der Waals surface area contributed by atoms with Gasteiger partial charge >= 0.3 is 5.97 Å². The van der Waals surface area contributed by atoms with E-state index in [1.165, 1.54) is 12.1 Å². The van der Waals surface area contributed by atoms with Crippen molar-refractivity contribution in [3.8, 4) is 0 Å². The van der Waals surface area contributed by atoms with Crippen LogP contribution in [-0.2, 0) is 20.7 Å². The van der Waals surface area contributed by atoms with Crippen LogP contribution in [0.4, 0.5) is 4.39 Å². The third-order valence-corrected chi connectivity index (χ3v) is 3.10. The Labute approximate surface area is 106 Å². The fourth-order valence-corrected chi connectivity index (χ4v) is 1.94. The van der Waals surface area contributed by atoms with Gasteiger partial charge in [-0.2, -0.15) is 0 Å². The van der Waals surface area contributed by atoms with E-state index < -0.39 is 5.60 Å². The molecule has 4 heteroatoms. The van der Waals surface area contributed by atoms with Crippen molar-refractivity contribution in [1.29, 1.82) is 0 Å². The summed E-state index contributed by atoms with van der Waals surface area (Å²) < 4.78 is 22.9. The summed E-state index contributed by atoms with van der Waals surface area (Å²) in [5.74, 6) is -0.489. The molecule has 1 atom stereocenters. The van der Waals surface area contributed by atoms with E-state index in [0.717, 1.165) is 18.4 Å². The van der Waals surface area contributed by atoms with Gasteiger partial charge in [-0.1, -0.05) is 12.1 Å². The first-order valence-electron chi connectivity index (χ1n) is 6.22. The van der Waals surface area contributed by atoms with E-state index in [9.17, 15) is 9.18 Å². The van der Waals surface area contributed by atoms with Crippen LogP contribution in [0, 0.1) is 5.82 Å². The highest BCUT2D eigenvalue weighted by atomic mass is 19.1. The van der Waals surface area contributed by atoms with Crippen molar-refractivity contribution in [2.75, 3.05) is 13.2 Å². The van der Waals surface area contributed by atoms with Crippen LogP contribution in [0.15, 0.2) is 24.3 Å². The van der Waals surface area contributed by atoms with Crippen LogP contribution in [0.3, 0.4) is 0 Å². The third-order valence-electron chi connectivity index (χ3n) is 3.10. The van der Waals surface area contributed by atoms with Gasteiger partial charge in [0.2, 0.25) is 0 Å². The second kappa shape index (κ2) is 5.48. The first-order valence-corrected chi connectivity index (χ1v) is 6.22. The topological polar surface area (TPSA) is 38.8 Å². The Morgan fingerprint density at radius 2 is 2.11 bits per heavy atom. The first-order chi connectivity index (χ1) is 8.66. The minimum absolute atomic E-state index is 0.229. The lowest BCUT2D eigenvalue weighted by Gasteiger charge is -2.10. The van der Waals surface area contributed by atoms with Crippen LogP contribution >= 0.6 is 0 Å². The van der Waals surface area contributed by atoms with Gasteiger partial charge < -0.3 is 9.47 Å². The van der Waals surface area contributed by atoms with Crippen molar-refractivity contribution in [2.24, 2.45) is 0 Å². The molecule has 1 heterocycles. The van der Waals surface area contributed by atoms with Gasteiger partial charge in [-0.15, -0.1) is 0 Å². The number of hydrogen-bond donors (Lipinski definition) is 0. The second-order valence-corrected chi connectivity index (χ2v) is 4.48. The van der Waals surface area contributed by atoms with E-state index in [1.807, 2.05) is 0 Å². The Morgan fingerprint density at radius 1 is 1.44 bits per heavy atom. The molecule has 2 rings (SSSR count). The van der Waals surface area contributed by atoms with Gasteiger partial charge in [-0.25, -0.2) is 9.18 Å². The lowest BCUT2D eigenvalue weighted by molar-refractivity contribution is -0.149. The number of epoxide rings is 1. The van der Waals surface area contributed by atoms with Crippen LogP contribution in [-0.4, -0.2) is 24.8 Å². The molecule has 0 saturated carbocycles. The summed E-state index contributed by atoms with van der Waals surface area (Å²) in [5, 5.41) is 0. The van der Waals surface area contributed by atoms with Crippen molar-refractivity contribution < 1.29 is 18.7 Å². The SMILES string of the molecule is CCOC(=O)[C@]1(CCCc2ccc(F)cc2)CO1. The van der Waals surface area contributed by atoms with Crippen molar-refractivity contribution in [3.05, 3.63) is 35.6 Å². The molecular weight excluding hydrogens is 235 g/mol. The zero-order chi connectivity index (χ0) is 13.0. The van der Waals surface area contributed by atoms with Gasteiger partial charge in [0.25, 0.3) is 0 Å². The maximum absolute atomic E-state index is 12.7. The summed E-state index contributed by atoms with van der Waals surface area (Å²) in [6.07, 6.45) is 2.29. The number of halogens is 1. The largest absolute Gasteiger partial charge is 0.464 e. The first kappa shape index (κ1) is 13.0. The van der Waals surface area contributed by atoms with Gasteiger partial charge in [0.05, 0.1) is 13.2 Å². The molecule has 1 aliphatic heterocycles. The molecule has 1 aliphatic rings. The second-order valence-electron chi connectivity index (χ2n) is 4.48. The van der Waals surface area contributed by atoms with E-state index in [2.05, 4.69) is 0 Å². The molecule has 0 aromatic heterocycles. The average molecular weight is 252 g/mol. The van der Waals surface area contributed by atoms with Crippen LogP contribution < -0.4 is 0 Å². The molecule has 0 amide bonds. The predicted molar refractivity (Wildman–Crippen MR) is 64.7 cm³/mol. The molecule has 1 aromatic rings. The van der Waals surface area contributed by atoms with E-state index in [4.69, 9.17) is 9.47 Å². The molecule has 1 fully saturated rings. The Morgan fingerprint density at radius 3 is 2.67 bits per heavy atom. The monoisotopic (exact) mass is 252 g/mol. The Bertz CT molecular complexity index is 410. The average Bonchev–Trinajstić information content (AvgIpc) is 3.13. The quantitative estimate of drug-likeness (QED) is 0.576. The zero-order valence-corrected chi connectivity index (χ0v) is 10.4. The molecule has 18 heavy (non-hydrogen) atoms. The summed E-state index contributed by atoms with van der Waals surface area (Å²) >= 11 is 0. The number of esters is 1. The molecule has 98 valence electrons. The van der Waals surface area contributed by atoms with Crippen molar-refractivity contribution in [3.63, 3.8) is 0 Å². The van der Waals surface area contributed by atoms with Crippen LogP contribution in [0.5, 0.6) is 0 Å². The Balaban J connectivity index is 1.78. The lowest BCUT2D eigenvalue weighted by Crippen LogP contribution is -2.27. The number of hydrogen-bond acceptors (Lipinski definition) is 3. The zero-order valence-electron chi connectivity index (χ0n) is 10.4. The summed E-state index contributed by atoms with van der Waals surface area (Å²) in [7, 11) is 0. The standard InChI is InChI=1S/C14H17FO3/c1-2-17-13(16)14(10-18-14)9-3-4-11-5-7-12(15)8-6-11/h5-8H,2-4,9-10H2,1H3/t14-/m0/s1. The highest BCUT2D eigenvalue weighted by Gasteiger charge is 2.52. The van der Waals surface area contributed by atoms with Crippen LogP contribution in [0.1, 0.15) is 25.3 Å². The highest BCUT2D eigenvalue weighted by molar-refractivity contribution is 5.82. The molecular formula is C14H17FO3. The molecule has 1 saturated heterocycles. The summed E-state index contributed by atoms with van der Waals surface area (Å²) in [6.45, 7) is 2.61. The van der Waals surface area contributed by atoms with Crippen molar-refractivity contribution in [1.82, 2.24) is 0 Å². The fourth-order valence-electron chi connectivity index (χ4n) is 1.94. The molecule has 0 N–H and O–H groups in total. The minimum atomic E-state index is -0.698. The van der Waals surface area contributed by atoms with E-state index in [1.54, 1.807) is 19.1 Å². The van der Waals surface area contributed by atoms with Crippen molar-refractivity contribution in [2.45, 2.75) is 31.8 Å². The number of carbonyl (C=O) groups excluding carboxylic acids is 1. The predicted octanol–water partition coefficient (Wildman–Crippen LogP) is 2.48. The molecule has 1 aromatic carbocycles. The maximum atomic E-state index is 12.7. The summed E-state index contributed by atoms with van der Waals surface area (Å²) in [5.41, 5.74) is 0.367. The van der Waals surface area contributed by atoms with Gasteiger partial charge in [0.15, 0.2) is 5.60 Å². The van der Waals surface area contributed by atoms with Crippen LogP contribution in [0.25, 0.3) is 0 Å². The van der Waals surface area contributed by atoms with E-state index in [-0.39, 0.29) is 11.8 Å². The lowest BCUT2D eigenvalue weighted by atomic mass is 10.0. The molecule has 0 aliphatic carbocycles. The maximum Gasteiger partial charge on any atom is 0.340 e. The number of rotatable bonds is 6. The summed E-state index contributed by atoms with van der Waals surface area (Å²) in [4.78, 5) is 11.6. The number of carbonyl (C=O) groups is 1. The number of aryl methyl sites for hydroxylation is 1. The highest BCUT2D eigenvalue weighted by Crippen LogP contribution is 2.34. The van der Waals surface area contributed by atoms with Gasteiger partial charge in [-0.3, -0.25) is 0 Å². The molecule has 0 unspecified atom stereocenters. The fraction of sp³-hybridized carbons (Fsp3) is 0.500. The summed E-state index contributed by atoms with van der Waals surface area (Å²) in [6, 6.07) is 6.42. The third kappa shape index (κ3) is 3.07. The van der Waals surface area contributed by atoms with E-state index >= 15 is 0 Å². The number of ether oxygens (including phenoxy) is 2. The van der Waals surface area contributed by atoms with Gasteiger partial charge in [0.1, 0.15) is 5.82 Å². The molecule has 0 spiro atoms. The molecule has 0 radical (unpaired) electrons. The van der Waals surface area contributed by atoms with Gasteiger partial charge in [-0.05, 0) is 43.9 Å². The molecule has 0 bridgehead atoms. The number of benzene rings is 1. The Kier molecular flexibility index (Phi) is 3.97. The normalized spacial score (nSPS) is 21.7. The smallest absolute Gasteiger partial charge is 0.340 e. The van der Waals surface area contributed by atoms with E-state index in [0.29, 0.717) is 19.6 Å². The molecule has 3 nitrogen and oxygen atoms in total. The Hall–Kier alpha value is -1.42. The minimum Gasteiger partial charge on any atom is -0.464 e. The van der Waals surface area contributed by atoms with Crippen molar-refractivity contribution >= 4 is 5.97 Å². The van der Waals surface area contributed by atoms with Crippen LogP contribution in [0.2, 0.25) is 0 Å². The van der Waals surface area contributed by atoms with Gasteiger partial charge in [0, 0.05) is 0 Å².